The van der Waals surface area contributed by atoms with E-state index >= 15 is 0 Å². The van der Waals surface area contributed by atoms with Gasteiger partial charge in [0, 0.05) is 18.7 Å². The summed E-state index contributed by atoms with van der Waals surface area (Å²) in [5.74, 6) is -1.25. The number of aliphatic hydroxyl groups excluding tert-OH is 1. The monoisotopic (exact) mass is 381 g/mol. The number of carbonyl (C=O) groups excluding carboxylic acids is 1. The molecular formula is C23H27NO4. The molecule has 0 aliphatic carbocycles. The number of aryl methyl sites for hydroxylation is 3. The zero-order valence-corrected chi connectivity index (χ0v) is 16.6. The molecule has 2 aromatic rings. The molecule has 1 fully saturated rings. The van der Waals surface area contributed by atoms with Crippen molar-refractivity contribution in [3.8, 4) is 0 Å². The number of likely N-dealkylation sites (tertiary alicyclic amines) is 1. The number of hydrogen-bond acceptors (Lipinski definition) is 3. The molecule has 5 heteroatoms. The van der Waals surface area contributed by atoms with Crippen molar-refractivity contribution in [1.29, 1.82) is 0 Å². The number of hydrogen-bond donors (Lipinski definition) is 2. The first-order chi connectivity index (χ1) is 13.2. The molecule has 1 aliphatic rings. The van der Waals surface area contributed by atoms with Gasteiger partial charge in [0.15, 0.2) is 0 Å². The average Bonchev–Trinajstić information content (AvgIpc) is 2.66. The first-order valence-corrected chi connectivity index (χ1v) is 9.57. The van der Waals surface area contributed by atoms with Gasteiger partial charge in [0.2, 0.25) is 0 Å². The zero-order valence-electron chi connectivity index (χ0n) is 16.6. The van der Waals surface area contributed by atoms with Crippen molar-refractivity contribution in [2.75, 3.05) is 13.1 Å². The van der Waals surface area contributed by atoms with Gasteiger partial charge in [0.1, 0.15) is 5.41 Å². The van der Waals surface area contributed by atoms with Crippen molar-refractivity contribution in [3.63, 3.8) is 0 Å². The van der Waals surface area contributed by atoms with Gasteiger partial charge in [-0.15, -0.1) is 0 Å². The molecule has 0 radical (unpaired) electrons. The Bertz CT molecular complexity index is 893. The molecule has 148 valence electrons. The molecule has 1 aliphatic heterocycles. The van der Waals surface area contributed by atoms with E-state index in [4.69, 9.17) is 0 Å². The minimum atomic E-state index is -1.41. The maximum absolute atomic E-state index is 13.2. The molecule has 2 atom stereocenters. The molecule has 5 nitrogen and oxygen atoms in total. The Labute approximate surface area is 165 Å². The van der Waals surface area contributed by atoms with Gasteiger partial charge in [-0.05, 0) is 61.9 Å². The van der Waals surface area contributed by atoms with E-state index in [0.717, 1.165) is 22.3 Å². The number of amides is 1. The molecule has 1 heterocycles. The number of aliphatic carboxylic acids is 1. The van der Waals surface area contributed by atoms with Gasteiger partial charge in [-0.25, -0.2) is 0 Å². The normalized spacial score (nSPS) is 22.1. The van der Waals surface area contributed by atoms with E-state index in [1.807, 2.05) is 63.2 Å². The summed E-state index contributed by atoms with van der Waals surface area (Å²) >= 11 is 0. The van der Waals surface area contributed by atoms with Gasteiger partial charge in [-0.1, -0.05) is 36.4 Å². The average molecular weight is 381 g/mol. The smallest absolute Gasteiger partial charge is 0.314 e. The van der Waals surface area contributed by atoms with E-state index in [2.05, 4.69) is 0 Å². The fourth-order valence-corrected chi connectivity index (χ4v) is 4.03. The highest BCUT2D eigenvalue weighted by Crippen LogP contribution is 2.35. The van der Waals surface area contributed by atoms with Crippen LogP contribution in [0.5, 0.6) is 0 Å². The molecule has 0 unspecified atom stereocenters. The second-order valence-electron chi connectivity index (χ2n) is 7.91. The molecule has 28 heavy (non-hydrogen) atoms. The van der Waals surface area contributed by atoms with Crippen molar-refractivity contribution in [2.24, 2.45) is 5.41 Å². The Kier molecular flexibility index (Phi) is 5.57. The van der Waals surface area contributed by atoms with E-state index < -0.39 is 17.5 Å². The van der Waals surface area contributed by atoms with E-state index in [1.165, 1.54) is 0 Å². The van der Waals surface area contributed by atoms with Crippen LogP contribution in [0.2, 0.25) is 0 Å². The van der Waals surface area contributed by atoms with Crippen LogP contribution >= 0.6 is 0 Å². The van der Waals surface area contributed by atoms with Crippen LogP contribution in [0.25, 0.3) is 0 Å². The number of carboxylic acids is 1. The van der Waals surface area contributed by atoms with Gasteiger partial charge in [-0.2, -0.15) is 0 Å². The SMILES string of the molecule is Cc1cc(C)c(C(=O)N2CC[C@H](O)[C@](Cc3ccccc3)(C(=O)O)C2)cc1C. The molecule has 3 rings (SSSR count). The van der Waals surface area contributed by atoms with Crippen molar-refractivity contribution in [3.05, 3.63) is 70.3 Å². The second-order valence-corrected chi connectivity index (χ2v) is 7.91. The van der Waals surface area contributed by atoms with Gasteiger partial charge in [0.25, 0.3) is 5.91 Å². The lowest BCUT2D eigenvalue weighted by Gasteiger charge is -2.43. The van der Waals surface area contributed by atoms with Crippen LogP contribution < -0.4 is 0 Å². The van der Waals surface area contributed by atoms with E-state index in [-0.39, 0.29) is 25.3 Å². The number of benzene rings is 2. The summed E-state index contributed by atoms with van der Waals surface area (Å²) < 4.78 is 0. The lowest BCUT2D eigenvalue weighted by atomic mass is 9.72. The third-order valence-electron chi connectivity index (χ3n) is 5.93. The zero-order chi connectivity index (χ0) is 20.5. The summed E-state index contributed by atoms with van der Waals surface area (Å²) in [4.78, 5) is 27.1. The van der Waals surface area contributed by atoms with Gasteiger partial charge in [0.05, 0.1) is 6.10 Å². The Hall–Kier alpha value is -2.66. The van der Waals surface area contributed by atoms with Crippen molar-refractivity contribution in [2.45, 2.75) is 39.7 Å². The predicted octanol–water partition coefficient (Wildman–Crippen LogP) is 3.13. The summed E-state index contributed by atoms with van der Waals surface area (Å²) in [5, 5.41) is 20.7. The summed E-state index contributed by atoms with van der Waals surface area (Å²) in [7, 11) is 0. The molecular weight excluding hydrogens is 354 g/mol. The number of piperidine rings is 1. The molecule has 0 aromatic heterocycles. The Morgan fingerprint density at radius 2 is 1.71 bits per heavy atom. The highest BCUT2D eigenvalue weighted by atomic mass is 16.4. The lowest BCUT2D eigenvalue weighted by Crippen LogP contribution is -2.58. The largest absolute Gasteiger partial charge is 0.481 e. The molecule has 1 amide bonds. The summed E-state index contributed by atoms with van der Waals surface area (Å²) in [5.41, 5.74) is 3.04. The standard InChI is InChI=1S/C23H27NO4/c1-15-11-17(3)19(12-16(15)2)21(26)24-10-9-20(25)23(14-24,22(27)28)13-18-7-5-4-6-8-18/h4-8,11-12,20,25H,9-10,13-14H2,1-3H3,(H,27,28)/t20-,23+/m0/s1. The van der Waals surface area contributed by atoms with Crippen LogP contribution in [0.4, 0.5) is 0 Å². The lowest BCUT2D eigenvalue weighted by molar-refractivity contribution is -0.161. The van der Waals surface area contributed by atoms with Gasteiger partial charge in [-0.3, -0.25) is 9.59 Å². The molecule has 2 aromatic carbocycles. The summed E-state index contributed by atoms with van der Waals surface area (Å²) in [6.45, 7) is 6.19. The third-order valence-corrected chi connectivity index (χ3v) is 5.93. The molecule has 0 saturated carbocycles. The van der Waals surface area contributed by atoms with Crippen molar-refractivity contribution >= 4 is 11.9 Å². The maximum Gasteiger partial charge on any atom is 0.314 e. The highest BCUT2D eigenvalue weighted by Gasteiger charge is 2.50. The number of carbonyl (C=O) groups is 2. The number of carboxylic acid groups (broad SMARTS) is 1. The van der Waals surface area contributed by atoms with E-state index in [0.29, 0.717) is 12.1 Å². The van der Waals surface area contributed by atoms with Crippen molar-refractivity contribution in [1.82, 2.24) is 4.90 Å². The number of nitrogens with zero attached hydrogens (tertiary/aromatic N) is 1. The minimum absolute atomic E-state index is 0.0103. The van der Waals surface area contributed by atoms with Crippen LogP contribution in [-0.4, -0.2) is 46.2 Å². The maximum atomic E-state index is 13.2. The number of rotatable bonds is 4. The second kappa shape index (κ2) is 7.76. The van der Waals surface area contributed by atoms with E-state index in [9.17, 15) is 19.8 Å². The Morgan fingerprint density at radius 3 is 2.36 bits per heavy atom. The van der Waals surface area contributed by atoms with Crippen LogP contribution in [0.1, 0.15) is 39.0 Å². The first kappa shape index (κ1) is 20.1. The minimum Gasteiger partial charge on any atom is -0.481 e. The van der Waals surface area contributed by atoms with E-state index in [1.54, 1.807) is 4.90 Å². The fraction of sp³-hybridized carbons (Fsp3) is 0.391. The predicted molar refractivity (Wildman–Crippen MR) is 107 cm³/mol. The molecule has 2 N–H and O–H groups in total. The topological polar surface area (TPSA) is 77.8 Å². The van der Waals surface area contributed by atoms with Crippen LogP contribution in [0, 0.1) is 26.2 Å². The summed E-state index contributed by atoms with van der Waals surface area (Å²) in [6, 6.07) is 13.1. The number of aliphatic hydroxyl groups is 1. The summed E-state index contributed by atoms with van der Waals surface area (Å²) in [6.07, 6.45) is -0.579. The molecule has 0 bridgehead atoms. The molecule has 0 spiro atoms. The fourth-order valence-electron chi connectivity index (χ4n) is 4.03. The van der Waals surface area contributed by atoms with Gasteiger partial charge >= 0.3 is 5.97 Å². The van der Waals surface area contributed by atoms with Crippen LogP contribution in [-0.2, 0) is 11.2 Å². The Morgan fingerprint density at radius 1 is 1.07 bits per heavy atom. The van der Waals surface area contributed by atoms with Crippen LogP contribution in [0.3, 0.4) is 0 Å². The van der Waals surface area contributed by atoms with Gasteiger partial charge < -0.3 is 15.1 Å². The van der Waals surface area contributed by atoms with Crippen LogP contribution in [0.15, 0.2) is 42.5 Å². The first-order valence-electron chi connectivity index (χ1n) is 9.57. The van der Waals surface area contributed by atoms with Crippen molar-refractivity contribution < 1.29 is 19.8 Å². The third kappa shape index (κ3) is 3.67. The Balaban J connectivity index is 1.93. The molecule has 1 saturated heterocycles. The highest BCUT2D eigenvalue weighted by molar-refractivity contribution is 5.96. The quantitative estimate of drug-likeness (QED) is 0.853.